The van der Waals surface area contributed by atoms with Crippen molar-refractivity contribution in [2.24, 2.45) is 0 Å². The molecule has 2 aliphatic rings. The molecule has 2 saturated heterocycles. The Labute approximate surface area is 160 Å². The maximum atomic E-state index is 5.81. The maximum absolute atomic E-state index is 5.81. The van der Waals surface area contributed by atoms with Gasteiger partial charge in [0.25, 0.3) is 0 Å². The van der Waals surface area contributed by atoms with Gasteiger partial charge in [0, 0.05) is 39.3 Å². The van der Waals surface area contributed by atoms with E-state index < -0.39 is 0 Å². The lowest BCUT2D eigenvalue weighted by Gasteiger charge is -2.38. The van der Waals surface area contributed by atoms with Crippen molar-refractivity contribution in [1.82, 2.24) is 30.0 Å². The molecule has 27 heavy (non-hydrogen) atoms. The van der Waals surface area contributed by atoms with Crippen molar-refractivity contribution in [3.8, 4) is 0 Å². The molecule has 0 bridgehead atoms. The van der Waals surface area contributed by atoms with Crippen molar-refractivity contribution in [3.05, 3.63) is 54.4 Å². The van der Waals surface area contributed by atoms with Crippen molar-refractivity contribution >= 4 is 0 Å². The van der Waals surface area contributed by atoms with Crippen molar-refractivity contribution in [2.45, 2.75) is 31.5 Å². The SMILES string of the molecule is C=CCN1CCN(C(c2ccccc2)c2nnnn2CC2CCCO2)CC1. The van der Waals surface area contributed by atoms with Crippen LogP contribution in [0.5, 0.6) is 0 Å². The zero-order chi connectivity index (χ0) is 18.5. The summed E-state index contributed by atoms with van der Waals surface area (Å²) in [5, 5.41) is 12.7. The third kappa shape index (κ3) is 4.26. The molecule has 0 aliphatic carbocycles. The van der Waals surface area contributed by atoms with Crippen LogP contribution in [0.1, 0.15) is 30.3 Å². The van der Waals surface area contributed by atoms with E-state index in [0.29, 0.717) is 0 Å². The zero-order valence-electron chi connectivity index (χ0n) is 15.8. The molecule has 7 heteroatoms. The van der Waals surface area contributed by atoms with Gasteiger partial charge in [-0.2, -0.15) is 0 Å². The number of benzene rings is 1. The molecule has 144 valence electrons. The average Bonchev–Trinajstić information content (AvgIpc) is 3.38. The van der Waals surface area contributed by atoms with Gasteiger partial charge in [-0.1, -0.05) is 36.4 Å². The smallest absolute Gasteiger partial charge is 0.173 e. The number of rotatable bonds is 7. The van der Waals surface area contributed by atoms with Crippen molar-refractivity contribution in [3.63, 3.8) is 0 Å². The fourth-order valence-electron chi connectivity index (χ4n) is 4.06. The molecule has 4 rings (SSSR count). The molecule has 0 N–H and O–H groups in total. The summed E-state index contributed by atoms with van der Waals surface area (Å²) in [6.45, 7) is 10.4. The normalized spacial score (nSPS) is 22.7. The van der Waals surface area contributed by atoms with Gasteiger partial charge < -0.3 is 4.74 Å². The standard InChI is InChI=1S/C20H28N6O/c1-2-10-24-11-13-25(14-12-24)19(17-7-4-3-5-8-17)20-21-22-23-26(20)16-18-9-6-15-27-18/h2-5,7-8,18-19H,1,6,9-16H2. The van der Waals surface area contributed by atoms with Gasteiger partial charge in [-0.25, -0.2) is 4.68 Å². The summed E-state index contributed by atoms with van der Waals surface area (Å²) in [6.07, 6.45) is 4.39. The quantitative estimate of drug-likeness (QED) is 0.694. The van der Waals surface area contributed by atoms with Crippen molar-refractivity contribution in [1.29, 1.82) is 0 Å². The molecule has 2 unspecified atom stereocenters. The number of aromatic nitrogens is 4. The monoisotopic (exact) mass is 368 g/mol. The summed E-state index contributed by atoms with van der Waals surface area (Å²) < 4.78 is 7.76. The van der Waals surface area contributed by atoms with E-state index >= 15 is 0 Å². The molecule has 0 amide bonds. The van der Waals surface area contributed by atoms with E-state index in [0.717, 1.165) is 64.5 Å². The number of ether oxygens (including phenoxy) is 1. The Morgan fingerprint density at radius 3 is 2.70 bits per heavy atom. The Morgan fingerprint density at radius 1 is 1.19 bits per heavy atom. The van der Waals surface area contributed by atoms with E-state index in [1.54, 1.807) is 0 Å². The van der Waals surface area contributed by atoms with Crippen LogP contribution in [0.4, 0.5) is 0 Å². The summed E-state index contributed by atoms with van der Waals surface area (Å²) in [5.74, 6) is 0.911. The zero-order valence-corrected chi connectivity index (χ0v) is 15.8. The van der Waals surface area contributed by atoms with Gasteiger partial charge in [-0.15, -0.1) is 11.7 Å². The molecule has 1 aromatic heterocycles. The molecule has 0 saturated carbocycles. The molecule has 1 aromatic carbocycles. The van der Waals surface area contributed by atoms with Gasteiger partial charge >= 0.3 is 0 Å². The molecular formula is C20H28N6O. The maximum Gasteiger partial charge on any atom is 0.173 e. The van der Waals surface area contributed by atoms with E-state index in [1.165, 1.54) is 5.56 Å². The Bertz CT molecular complexity index is 719. The first-order valence-electron chi connectivity index (χ1n) is 9.85. The van der Waals surface area contributed by atoms with Crippen molar-refractivity contribution < 1.29 is 4.74 Å². The lowest BCUT2D eigenvalue weighted by Crippen LogP contribution is -2.48. The average molecular weight is 368 g/mol. The summed E-state index contributed by atoms with van der Waals surface area (Å²) in [6, 6.07) is 10.6. The predicted octanol–water partition coefficient (Wildman–Crippen LogP) is 1.75. The molecule has 2 fully saturated rings. The number of nitrogens with zero attached hydrogens (tertiary/aromatic N) is 6. The number of hydrogen-bond donors (Lipinski definition) is 0. The molecule has 2 aliphatic heterocycles. The van der Waals surface area contributed by atoms with Crippen LogP contribution in [0.15, 0.2) is 43.0 Å². The van der Waals surface area contributed by atoms with Gasteiger partial charge in [-0.3, -0.25) is 9.80 Å². The van der Waals surface area contributed by atoms with Crippen LogP contribution in [-0.2, 0) is 11.3 Å². The van der Waals surface area contributed by atoms with Crippen LogP contribution < -0.4 is 0 Å². The van der Waals surface area contributed by atoms with Crippen LogP contribution in [0, 0.1) is 0 Å². The molecule has 2 aromatic rings. The largest absolute Gasteiger partial charge is 0.376 e. The summed E-state index contributed by atoms with van der Waals surface area (Å²) in [4.78, 5) is 4.92. The Morgan fingerprint density at radius 2 is 2.00 bits per heavy atom. The summed E-state index contributed by atoms with van der Waals surface area (Å²) in [5.41, 5.74) is 1.23. The Kier molecular flexibility index (Phi) is 5.91. The van der Waals surface area contributed by atoms with E-state index in [9.17, 15) is 0 Å². The van der Waals surface area contributed by atoms with Crippen LogP contribution in [0.25, 0.3) is 0 Å². The number of tetrazole rings is 1. The molecule has 7 nitrogen and oxygen atoms in total. The van der Waals surface area contributed by atoms with Gasteiger partial charge in [-0.05, 0) is 28.8 Å². The van der Waals surface area contributed by atoms with E-state index in [-0.39, 0.29) is 12.1 Å². The third-order valence-electron chi connectivity index (χ3n) is 5.48. The molecule has 3 heterocycles. The molecule has 2 atom stereocenters. The highest BCUT2D eigenvalue weighted by molar-refractivity contribution is 5.25. The first-order valence-corrected chi connectivity index (χ1v) is 9.85. The van der Waals surface area contributed by atoms with Crippen molar-refractivity contribution in [2.75, 3.05) is 39.3 Å². The number of piperazine rings is 1. The minimum Gasteiger partial charge on any atom is -0.376 e. The summed E-state index contributed by atoms with van der Waals surface area (Å²) in [7, 11) is 0. The van der Waals surface area contributed by atoms with Gasteiger partial charge in [0.05, 0.1) is 18.7 Å². The lowest BCUT2D eigenvalue weighted by atomic mass is 10.0. The van der Waals surface area contributed by atoms with Crippen LogP contribution in [-0.4, -0.2) is 75.4 Å². The second-order valence-electron chi connectivity index (χ2n) is 7.29. The second kappa shape index (κ2) is 8.73. The van der Waals surface area contributed by atoms with Crippen LogP contribution in [0.3, 0.4) is 0 Å². The van der Waals surface area contributed by atoms with E-state index in [2.05, 4.69) is 62.2 Å². The Hall–Kier alpha value is -2.09. The van der Waals surface area contributed by atoms with Crippen LogP contribution >= 0.6 is 0 Å². The number of hydrogen-bond acceptors (Lipinski definition) is 6. The minimum absolute atomic E-state index is 0.0634. The van der Waals surface area contributed by atoms with Gasteiger partial charge in [0.1, 0.15) is 0 Å². The highest BCUT2D eigenvalue weighted by atomic mass is 16.5. The summed E-state index contributed by atoms with van der Waals surface area (Å²) >= 11 is 0. The van der Waals surface area contributed by atoms with E-state index in [4.69, 9.17) is 4.74 Å². The second-order valence-corrected chi connectivity index (χ2v) is 7.29. The minimum atomic E-state index is 0.0634. The topological polar surface area (TPSA) is 59.3 Å². The Balaban J connectivity index is 1.58. The van der Waals surface area contributed by atoms with Gasteiger partial charge in [0.15, 0.2) is 5.82 Å². The highest BCUT2D eigenvalue weighted by Crippen LogP contribution is 2.28. The fraction of sp³-hybridized carbons (Fsp3) is 0.550. The fourth-order valence-corrected chi connectivity index (χ4v) is 4.06. The van der Waals surface area contributed by atoms with E-state index in [1.807, 2.05) is 10.8 Å². The predicted molar refractivity (Wildman–Crippen MR) is 103 cm³/mol. The first-order chi connectivity index (χ1) is 13.3. The molecular weight excluding hydrogens is 340 g/mol. The van der Waals surface area contributed by atoms with Crippen LogP contribution in [0.2, 0.25) is 0 Å². The highest BCUT2D eigenvalue weighted by Gasteiger charge is 2.31. The third-order valence-corrected chi connectivity index (χ3v) is 5.48. The molecule has 0 spiro atoms. The molecule has 0 radical (unpaired) electrons. The van der Waals surface area contributed by atoms with Gasteiger partial charge in [0.2, 0.25) is 0 Å². The lowest BCUT2D eigenvalue weighted by molar-refractivity contribution is 0.0868. The first kappa shape index (κ1) is 18.3.